The lowest BCUT2D eigenvalue weighted by Gasteiger charge is -2.04. The van der Waals surface area contributed by atoms with Crippen LogP contribution in [0.5, 0.6) is 0 Å². The third kappa shape index (κ3) is 1.91. The molecular weight excluding hydrogens is 353 g/mol. The minimum Gasteiger partial charge on any atom is -0.224 e. The molecule has 2 rings (SSSR count). The van der Waals surface area contributed by atoms with E-state index in [1.54, 1.807) is 6.07 Å². The van der Waals surface area contributed by atoms with Crippen molar-refractivity contribution in [1.29, 1.82) is 0 Å². The minimum absolute atomic E-state index is 0.396. The number of aromatic nitrogens is 1. The van der Waals surface area contributed by atoms with Gasteiger partial charge in [-0.1, -0.05) is 55.1 Å². The fraction of sp³-hybridized carbons (Fsp3) is 0. The van der Waals surface area contributed by atoms with Crippen molar-refractivity contribution in [2.75, 3.05) is 0 Å². The number of pyridine rings is 1. The number of hydrogen-bond acceptors (Lipinski definition) is 1. The first kappa shape index (κ1) is 10.7. The van der Waals surface area contributed by atoms with Crippen molar-refractivity contribution in [3.8, 4) is 0 Å². The van der Waals surface area contributed by atoms with Crippen LogP contribution in [-0.4, -0.2) is 4.98 Å². The summed E-state index contributed by atoms with van der Waals surface area (Å²) in [5.74, 6) is 0. The molecule has 0 unspecified atom stereocenters. The standard InChI is InChI=1S/C9H3Br2Cl2N/c10-5-1-4-2-7(12)14-9(13)8(4)6(11)3-5/h1-3H. The summed E-state index contributed by atoms with van der Waals surface area (Å²) in [4.78, 5) is 3.98. The predicted molar refractivity (Wildman–Crippen MR) is 67.2 cm³/mol. The molecule has 0 N–H and O–H groups in total. The Morgan fingerprint density at radius 2 is 1.79 bits per heavy atom. The van der Waals surface area contributed by atoms with Crippen LogP contribution < -0.4 is 0 Å². The lowest BCUT2D eigenvalue weighted by atomic mass is 10.2. The van der Waals surface area contributed by atoms with Gasteiger partial charge in [0.05, 0.1) is 0 Å². The molecule has 0 atom stereocenters. The van der Waals surface area contributed by atoms with Gasteiger partial charge in [0.25, 0.3) is 0 Å². The Balaban J connectivity index is 2.94. The molecule has 0 aliphatic rings. The van der Waals surface area contributed by atoms with E-state index in [-0.39, 0.29) is 0 Å². The Morgan fingerprint density at radius 1 is 1.07 bits per heavy atom. The second-order valence-corrected chi connectivity index (χ2v) is 5.24. The van der Waals surface area contributed by atoms with Gasteiger partial charge in [-0.15, -0.1) is 0 Å². The Bertz CT molecular complexity index is 471. The van der Waals surface area contributed by atoms with Crippen LogP contribution in [0.4, 0.5) is 0 Å². The van der Waals surface area contributed by atoms with Crippen LogP contribution in [0.25, 0.3) is 10.8 Å². The molecule has 0 aliphatic carbocycles. The third-order valence-corrected chi connectivity index (χ3v) is 3.32. The Morgan fingerprint density at radius 3 is 2.50 bits per heavy atom. The predicted octanol–water partition coefficient (Wildman–Crippen LogP) is 5.07. The summed E-state index contributed by atoms with van der Waals surface area (Å²) >= 11 is 18.6. The van der Waals surface area contributed by atoms with Crippen LogP contribution in [0.2, 0.25) is 10.3 Å². The maximum atomic E-state index is 5.98. The average Bonchev–Trinajstić information content (AvgIpc) is 1.99. The number of nitrogens with zero attached hydrogens (tertiary/aromatic N) is 1. The monoisotopic (exact) mass is 353 g/mol. The number of halogens is 4. The Labute approximate surface area is 108 Å². The van der Waals surface area contributed by atoms with E-state index in [1.807, 2.05) is 12.1 Å². The van der Waals surface area contributed by atoms with Gasteiger partial charge in [0, 0.05) is 14.3 Å². The van der Waals surface area contributed by atoms with Crippen LogP contribution in [0, 0.1) is 0 Å². The van der Waals surface area contributed by atoms with Crippen molar-refractivity contribution in [1.82, 2.24) is 4.98 Å². The van der Waals surface area contributed by atoms with Crippen molar-refractivity contribution < 1.29 is 0 Å². The van der Waals surface area contributed by atoms with Gasteiger partial charge in [-0.3, -0.25) is 0 Å². The van der Waals surface area contributed by atoms with Gasteiger partial charge in [-0.2, -0.15) is 0 Å². The largest absolute Gasteiger partial charge is 0.224 e. The van der Waals surface area contributed by atoms with E-state index in [1.165, 1.54) is 0 Å². The fourth-order valence-electron chi connectivity index (χ4n) is 1.24. The smallest absolute Gasteiger partial charge is 0.139 e. The van der Waals surface area contributed by atoms with Gasteiger partial charge in [0.15, 0.2) is 0 Å². The molecule has 0 aliphatic heterocycles. The van der Waals surface area contributed by atoms with Crippen LogP contribution >= 0.6 is 55.1 Å². The number of rotatable bonds is 0. The molecule has 1 heterocycles. The third-order valence-electron chi connectivity index (χ3n) is 1.77. The van der Waals surface area contributed by atoms with Crippen molar-refractivity contribution >= 4 is 65.8 Å². The SMILES string of the molecule is Clc1cc2cc(Br)cc(Br)c2c(Cl)n1. The molecule has 1 aromatic heterocycles. The van der Waals surface area contributed by atoms with Crippen molar-refractivity contribution in [3.05, 3.63) is 37.5 Å². The van der Waals surface area contributed by atoms with Gasteiger partial charge in [-0.05, 0) is 23.6 Å². The van der Waals surface area contributed by atoms with Crippen molar-refractivity contribution in [2.24, 2.45) is 0 Å². The second kappa shape index (κ2) is 3.97. The molecule has 0 radical (unpaired) electrons. The summed E-state index contributed by atoms with van der Waals surface area (Å²) < 4.78 is 1.87. The second-order valence-electron chi connectivity index (χ2n) is 2.72. The molecule has 0 saturated carbocycles. The fourth-order valence-corrected chi connectivity index (χ4v) is 3.34. The minimum atomic E-state index is 0.396. The van der Waals surface area contributed by atoms with Crippen molar-refractivity contribution in [2.45, 2.75) is 0 Å². The Hall–Kier alpha value is 0.170. The zero-order valence-corrected chi connectivity index (χ0v) is 11.4. The van der Waals surface area contributed by atoms with E-state index < -0.39 is 0 Å². The van der Waals surface area contributed by atoms with E-state index in [2.05, 4.69) is 36.8 Å². The molecule has 5 heteroatoms. The van der Waals surface area contributed by atoms with Crippen LogP contribution in [0.3, 0.4) is 0 Å². The van der Waals surface area contributed by atoms with Crippen molar-refractivity contribution in [3.63, 3.8) is 0 Å². The summed E-state index contributed by atoms with van der Waals surface area (Å²) in [6.07, 6.45) is 0. The van der Waals surface area contributed by atoms with E-state index in [0.717, 1.165) is 19.7 Å². The number of fused-ring (bicyclic) bond motifs is 1. The highest BCUT2D eigenvalue weighted by molar-refractivity contribution is 9.11. The average molecular weight is 356 g/mol. The van der Waals surface area contributed by atoms with Gasteiger partial charge < -0.3 is 0 Å². The summed E-state index contributed by atoms with van der Waals surface area (Å²) in [7, 11) is 0. The zero-order valence-electron chi connectivity index (χ0n) is 6.69. The van der Waals surface area contributed by atoms with Gasteiger partial charge in [0.1, 0.15) is 10.3 Å². The number of benzene rings is 1. The highest BCUT2D eigenvalue weighted by atomic mass is 79.9. The molecule has 0 spiro atoms. The normalized spacial score (nSPS) is 10.9. The molecule has 0 saturated heterocycles. The summed E-state index contributed by atoms with van der Waals surface area (Å²) in [5, 5.41) is 2.63. The highest BCUT2D eigenvalue weighted by Crippen LogP contribution is 2.33. The van der Waals surface area contributed by atoms with E-state index >= 15 is 0 Å². The molecule has 72 valence electrons. The topological polar surface area (TPSA) is 12.9 Å². The van der Waals surface area contributed by atoms with Crippen LogP contribution in [0.1, 0.15) is 0 Å². The molecule has 14 heavy (non-hydrogen) atoms. The summed E-state index contributed by atoms with van der Waals surface area (Å²) in [5.41, 5.74) is 0. The highest BCUT2D eigenvalue weighted by Gasteiger charge is 2.07. The molecule has 1 nitrogen and oxygen atoms in total. The lowest BCUT2D eigenvalue weighted by molar-refractivity contribution is 1.36. The van der Waals surface area contributed by atoms with Gasteiger partial charge in [0.2, 0.25) is 0 Å². The van der Waals surface area contributed by atoms with E-state index in [0.29, 0.717) is 10.3 Å². The quantitative estimate of drug-likeness (QED) is 0.601. The lowest BCUT2D eigenvalue weighted by Crippen LogP contribution is -1.82. The molecular formula is C9H3Br2Cl2N. The van der Waals surface area contributed by atoms with Gasteiger partial charge in [-0.25, -0.2) is 4.98 Å². The van der Waals surface area contributed by atoms with Gasteiger partial charge >= 0.3 is 0 Å². The molecule has 0 amide bonds. The van der Waals surface area contributed by atoms with E-state index in [9.17, 15) is 0 Å². The maximum absolute atomic E-state index is 5.98. The molecule has 2 aromatic rings. The van der Waals surface area contributed by atoms with Crippen LogP contribution in [0.15, 0.2) is 27.1 Å². The summed E-state index contributed by atoms with van der Waals surface area (Å²) in [6, 6.07) is 5.64. The number of hydrogen-bond donors (Lipinski definition) is 0. The zero-order chi connectivity index (χ0) is 10.3. The maximum Gasteiger partial charge on any atom is 0.139 e. The van der Waals surface area contributed by atoms with Crippen LogP contribution in [-0.2, 0) is 0 Å². The molecule has 1 aromatic carbocycles. The molecule has 0 bridgehead atoms. The Kier molecular flexibility index (Phi) is 3.03. The molecule has 0 fully saturated rings. The first-order chi connectivity index (χ1) is 6.58. The summed E-state index contributed by atoms with van der Waals surface area (Å²) in [6.45, 7) is 0. The first-order valence-corrected chi connectivity index (χ1v) is 6.03. The first-order valence-electron chi connectivity index (χ1n) is 3.69. The van der Waals surface area contributed by atoms with E-state index in [4.69, 9.17) is 23.2 Å².